The third kappa shape index (κ3) is 2.94. The summed E-state index contributed by atoms with van der Waals surface area (Å²) in [7, 11) is 1.59. The predicted molar refractivity (Wildman–Crippen MR) is 69.6 cm³/mol. The lowest BCUT2D eigenvalue weighted by atomic mass is 10.1. The molecule has 18 heavy (non-hydrogen) atoms. The van der Waals surface area contributed by atoms with Gasteiger partial charge in [-0.2, -0.15) is 4.98 Å². The largest absolute Gasteiger partial charge is 0.481 e. The van der Waals surface area contributed by atoms with Crippen molar-refractivity contribution in [3.63, 3.8) is 0 Å². The molecule has 0 radical (unpaired) electrons. The molecule has 0 aromatic carbocycles. The van der Waals surface area contributed by atoms with Gasteiger partial charge in [-0.1, -0.05) is 6.07 Å². The highest BCUT2D eigenvalue weighted by Crippen LogP contribution is 2.19. The molecule has 0 aliphatic heterocycles. The van der Waals surface area contributed by atoms with Gasteiger partial charge in [-0.15, -0.1) is 0 Å². The maximum absolute atomic E-state index is 5.12. The van der Waals surface area contributed by atoms with E-state index < -0.39 is 0 Å². The van der Waals surface area contributed by atoms with E-state index in [0.717, 1.165) is 11.4 Å². The molecule has 0 bridgehead atoms. The number of methoxy groups -OCH3 is 1. The van der Waals surface area contributed by atoms with Gasteiger partial charge in [-0.3, -0.25) is 4.98 Å². The van der Waals surface area contributed by atoms with Crippen LogP contribution in [0.1, 0.15) is 24.4 Å². The zero-order chi connectivity index (χ0) is 13.0. The van der Waals surface area contributed by atoms with Crippen molar-refractivity contribution in [2.75, 3.05) is 12.4 Å². The molecule has 2 aromatic rings. The van der Waals surface area contributed by atoms with Crippen LogP contribution in [0, 0.1) is 6.92 Å². The van der Waals surface area contributed by atoms with Crippen LogP contribution < -0.4 is 10.1 Å². The van der Waals surface area contributed by atoms with E-state index in [4.69, 9.17) is 4.74 Å². The molecule has 2 heterocycles. The molecular weight excluding hydrogens is 228 g/mol. The summed E-state index contributed by atoms with van der Waals surface area (Å²) in [5.41, 5.74) is 1.10. The number of aryl methyl sites for hydroxylation is 1. The van der Waals surface area contributed by atoms with E-state index in [1.54, 1.807) is 19.4 Å². The highest BCUT2D eigenvalue weighted by molar-refractivity contribution is 5.40. The van der Waals surface area contributed by atoms with Crippen molar-refractivity contribution in [2.24, 2.45) is 0 Å². The SMILES string of the molecule is COc1cc(NC(C)c2cccnc2)nc(C)n1. The number of hydrogen-bond donors (Lipinski definition) is 1. The molecule has 0 spiro atoms. The third-order valence-corrected chi connectivity index (χ3v) is 2.57. The Labute approximate surface area is 106 Å². The van der Waals surface area contributed by atoms with Gasteiger partial charge in [0.15, 0.2) is 0 Å². The van der Waals surface area contributed by atoms with Crippen LogP contribution in [0.2, 0.25) is 0 Å². The van der Waals surface area contributed by atoms with Gasteiger partial charge in [0, 0.05) is 18.5 Å². The van der Waals surface area contributed by atoms with Crippen molar-refractivity contribution in [3.05, 3.63) is 42.0 Å². The first-order valence-corrected chi connectivity index (χ1v) is 5.75. The van der Waals surface area contributed by atoms with Crippen LogP contribution in [-0.2, 0) is 0 Å². The molecule has 5 nitrogen and oxygen atoms in total. The quantitative estimate of drug-likeness (QED) is 0.894. The molecule has 94 valence electrons. The summed E-state index contributed by atoms with van der Waals surface area (Å²) >= 11 is 0. The first kappa shape index (κ1) is 12.3. The van der Waals surface area contributed by atoms with E-state index in [1.807, 2.05) is 25.3 Å². The second-order valence-electron chi connectivity index (χ2n) is 4.00. The van der Waals surface area contributed by atoms with Crippen LogP contribution in [0.5, 0.6) is 5.88 Å². The van der Waals surface area contributed by atoms with Crippen molar-refractivity contribution >= 4 is 5.82 Å². The zero-order valence-corrected chi connectivity index (χ0v) is 10.7. The van der Waals surface area contributed by atoms with Crippen molar-refractivity contribution in [3.8, 4) is 5.88 Å². The van der Waals surface area contributed by atoms with Crippen molar-refractivity contribution in [2.45, 2.75) is 19.9 Å². The van der Waals surface area contributed by atoms with E-state index in [-0.39, 0.29) is 6.04 Å². The van der Waals surface area contributed by atoms with E-state index in [9.17, 15) is 0 Å². The maximum Gasteiger partial charge on any atom is 0.218 e. The Morgan fingerprint density at radius 3 is 2.83 bits per heavy atom. The smallest absolute Gasteiger partial charge is 0.218 e. The molecule has 2 aromatic heterocycles. The van der Waals surface area contributed by atoms with Gasteiger partial charge in [-0.05, 0) is 25.5 Å². The predicted octanol–water partition coefficient (Wildman–Crippen LogP) is 2.36. The summed E-state index contributed by atoms with van der Waals surface area (Å²) in [6.45, 7) is 3.89. The van der Waals surface area contributed by atoms with Gasteiger partial charge in [-0.25, -0.2) is 4.98 Å². The van der Waals surface area contributed by atoms with E-state index in [0.29, 0.717) is 11.7 Å². The average Bonchev–Trinajstić information content (AvgIpc) is 2.39. The highest BCUT2D eigenvalue weighted by atomic mass is 16.5. The van der Waals surface area contributed by atoms with Crippen LogP contribution in [-0.4, -0.2) is 22.1 Å². The Morgan fingerprint density at radius 1 is 1.33 bits per heavy atom. The minimum Gasteiger partial charge on any atom is -0.481 e. The fourth-order valence-electron chi connectivity index (χ4n) is 1.66. The summed E-state index contributed by atoms with van der Waals surface area (Å²) in [6.07, 6.45) is 3.59. The molecule has 2 rings (SSSR count). The molecule has 0 aliphatic carbocycles. The molecule has 1 unspecified atom stereocenters. The fraction of sp³-hybridized carbons (Fsp3) is 0.308. The molecule has 0 aliphatic rings. The number of rotatable bonds is 4. The standard InChI is InChI=1S/C13H16N4O/c1-9(11-5-4-6-14-8-11)15-12-7-13(18-3)17-10(2)16-12/h4-9H,1-3H3,(H,15,16,17). The summed E-state index contributed by atoms with van der Waals surface area (Å²) in [6, 6.07) is 5.84. The number of hydrogen-bond acceptors (Lipinski definition) is 5. The average molecular weight is 244 g/mol. The lowest BCUT2D eigenvalue weighted by molar-refractivity contribution is 0.396. The minimum atomic E-state index is 0.123. The molecule has 1 atom stereocenters. The van der Waals surface area contributed by atoms with Crippen LogP contribution in [0.3, 0.4) is 0 Å². The summed E-state index contributed by atoms with van der Waals surface area (Å²) in [4.78, 5) is 12.6. The third-order valence-electron chi connectivity index (χ3n) is 2.57. The Hall–Kier alpha value is -2.17. The number of nitrogens with one attached hydrogen (secondary N) is 1. The highest BCUT2D eigenvalue weighted by Gasteiger charge is 2.08. The Bertz CT molecular complexity index is 516. The number of nitrogens with zero attached hydrogens (tertiary/aromatic N) is 3. The van der Waals surface area contributed by atoms with Gasteiger partial charge in [0.1, 0.15) is 11.6 Å². The second-order valence-corrected chi connectivity index (χ2v) is 4.00. The van der Waals surface area contributed by atoms with Gasteiger partial charge < -0.3 is 10.1 Å². The van der Waals surface area contributed by atoms with Crippen LogP contribution in [0.15, 0.2) is 30.6 Å². The monoisotopic (exact) mass is 244 g/mol. The van der Waals surface area contributed by atoms with E-state index in [1.165, 1.54) is 0 Å². The maximum atomic E-state index is 5.12. The van der Waals surface area contributed by atoms with Crippen LogP contribution in [0.4, 0.5) is 5.82 Å². The molecule has 0 saturated heterocycles. The summed E-state index contributed by atoms with van der Waals surface area (Å²) in [5.74, 6) is 1.98. The second kappa shape index (κ2) is 5.44. The van der Waals surface area contributed by atoms with E-state index in [2.05, 4.69) is 27.2 Å². The van der Waals surface area contributed by atoms with Gasteiger partial charge in [0.25, 0.3) is 0 Å². The number of anilines is 1. The fourth-order valence-corrected chi connectivity index (χ4v) is 1.66. The molecule has 0 fully saturated rings. The molecule has 5 heteroatoms. The number of pyridine rings is 1. The van der Waals surface area contributed by atoms with Gasteiger partial charge in [0.05, 0.1) is 13.2 Å². The zero-order valence-electron chi connectivity index (χ0n) is 10.7. The van der Waals surface area contributed by atoms with Crippen molar-refractivity contribution in [1.82, 2.24) is 15.0 Å². The first-order valence-electron chi connectivity index (χ1n) is 5.75. The van der Waals surface area contributed by atoms with Crippen LogP contribution >= 0.6 is 0 Å². The normalized spacial score (nSPS) is 11.9. The summed E-state index contributed by atoms with van der Waals surface area (Å²) in [5, 5.41) is 3.30. The summed E-state index contributed by atoms with van der Waals surface area (Å²) < 4.78 is 5.12. The first-order chi connectivity index (χ1) is 8.69. The number of aromatic nitrogens is 3. The Balaban J connectivity index is 2.16. The molecule has 0 amide bonds. The van der Waals surface area contributed by atoms with Crippen molar-refractivity contribution < 1.29 is 4.74 Å². The molecule has 1 N–H and O–H groups in total. The van der Waals surface area contributed by atoms with Crippen molar-refractivity contribution in [1.29, 1.82) is 0 Å². The molecule has 0 saturated carbocycles. The van der Waals surface area contributed by atoms with Gasteiger partial charge >= 0.3 is 0 Å². The number of ether oxygens (including phenoxy) is 1. The van der Waals surface area contributed by atoms with E-state index >= 15 is 0 Å². The van der Waals surface area contributed by atoms with Gasteiger partial charge in [0.2, 0.25) is 5.88 Å². The Morgan fingerprint density at radius 2 is 2.17 bits per heavy atom. The topological polar surface area (TPSA) is 59.9 Å². The molecular formula is C13H16N4O. The minimum absolute atomic E-state index is 0.123. The lowest BCUT2D eigenvalue weighted by Crippen LogP contribution is -2.09. The van der Waals surface area contributed by atoms with Crippen LogP contribution in [0.25, 0.3) is 0 Å². The lowest BCUT2D eigenvalue weighted by Gasteiger charge is -2.15. The Kier molecular flexibility index (Phi) is 3.72.